The van der Waals surface area contributed by atoms with E-state index < -0.39 is 6.29 Å². The molecular formula is C31H36N2O4. The zero-order valence-corrected chi connectivity index (χ0v) is 21.6. The van der Waals surface area contributed by atoms with E-state index in [0.29, 0.717) is 6.54 Å². The molecule has 0 unspecified atom stereocenters. The van der Waals surface area contributed by atoms with E-state index >= 15 is 0 Å². The lowest BCUT2D eigenvalue weighted by molar-refractivity contribution is -0.252. The highest BCUT2D eigenvalue weighted by molar-refractivity contribution is 5.73. The van der Waals surface area contributed by atoms with Crippen LogP contribution in [0.15, 0.2) is 85.5 Å². The highest BCUT2D eigenvalue weighted by Crippen LogP contribution is 2.38. The van der Waals surface area contributed by atoms with Crippen molar-refractivity contribution in [3.05, 3.63) is 108 Å². The van der Waals surface area contributed by atoms with Crippen molar-refractivity contribution in [3.8, 4) is 11.1 Å². The van der Waals surface area contributed by atoms with Crippen LogP contribution in [0, 0.1) is 0 Å². The highest BCUT2D eigenvalue weighted by atomic mass is 16.7. The molecule has 0 aliphatic carbocycles. The minimum absolute atomic E-state index is 0.00338. The van der Waals surface area contributed by atoms with E-state index in [2.05, 4.69) is 60.2 Å². The number of aliphatic hydroxyl groups is 1. The first kappa shape index (κ1) is 26.8. The molecule has 194 valence electrons. The Morgan fingerprint density at radius 2 is 1.76 bits per heavy atom. The van der Waals surface area contributed by atoms with Crippen LogP contribution >= 0.6 is 0 Å². The first-order chi connectivity index (χ1) is 17.9. The summed E-state index contributed by atoms with van der Waals surface area (Å²) in [6.45, 7) is 7.46. The molecule has 0 spiro atoms. The summed E-state index contributed by atoms with van der Waals surface area (Å²) in [6.07, 6.45) is 2.04. The van der Waals surface area contributed by atoms with Crippen LogP contribution in [0.3, 0.4) is 0 Å². The fourth-order valence-corrected chi connectivity index (χ4v) is 4.60. The number of aliphatic hydroxyl groups excluding tert-OH is 1. The van der Waals surface area contributed by atoms with Gasteiger partial charge in [0.05, 0.1) is 18.8 Å². The van der Waals surface area contributed by atoms with Crippen molar-refractivity contribution >= 4 is 5.91 Å². The second-order valence-electron chi connectivity index (χ2n) is 9.59. The summed E-state index contributed by atoms with van der Waals surface area (Å²) in [5.41, 5.74) is 6.15. The van der Waals surface area contributed by atoms with Crippen LogP contribution in [0.2, 0.25) is 0 Å². The number of benzene rings is 3. The predicted octanol–water partition coefficient (Wildman–Crippen LogP) is 5.15. The standard InChI is InChI=1S/C31H36N2O4/c1-4-16-33(3)20-29-18-30(26-10-8-23(21-34)9-11-26)37-31(36-29)27-14-12-25(13-15-27)28-7-5-6-24(17-28)19-32-22(2)35/h4-15,17,29-31,34H,1,16,18-21H2,2-3H3,(H,32,35)/t29-,30+,31+/m0/s1. The molecular weight excluding hydrogens is 464 g/mol. The molecule has 6 nitrogen and oxygen atoms in total. The number of likely N-dealkylation sites (N-methyl/N-ethyl adjacent to an activating group) is 1. The average molecular weight is 501 g/mol. The van der Waals surface area contributed by atoms with Crippen LogP contribution in [0.4, 0.5) is 0 Å². The normalized spacial score (nSPS) is 19.5. The Balaban J connectivity index is 1.53. The van der Waals surface area contributed by atoms with Crippen molar-refractivity contribution < 1.29 is 19.4 Å². The summed E-state index contributed by atoms with van der Waals surface area (Å²) in [6, 6.07) is 24.4. The van der Waals surface area contributed by atoms with Crippen molar-refractivity contribution in [2.75, 3.05) is 20.1 Å². The summed E-state index contributed by atoms with van der Waals surface area (Å²) < 4.78 is 12.9. The number of carbonyl (C=O) groups is 1. The number of ether oxygens (including phenoxy) is 2. The summed E-state index contributed by atoms with van der Waals surface area (Å²) in [4.78, 5) is 13.5. The van der Waals surface area contributed by atoms with Crippen LogP contribution in [0.25, 0.3) is 11.1 Å². The van der Waals surface area contributed by atoms with Gasteiger partial charge >= 0.3 is 0 Å². The van der Waals surface area contributed by atoms with E-state index in [9.17, 15) is 9.90 Å². The van der Waals surface area contributed by atoms with E-state index in [1.807, 2.05) is 42.5 Å². The van der Waals surface area contributed by atoms with Gasteiger partial charge in [0.25, 0.3) is 0 Å². The Hall–Kier alpha value is -3.29. The topological polar surface area (TPSA) is 71.0 Å². The molecule has 0 radical (unpaired) electrons. The van der Waals surface area contributed by atoms with Gasteiger partial charge in [0.2, 0.25) is 5.91 Å². The summed E-state index contributed by atoms with van der Waals surface area (Å²) in [5, 5.41) is 12.3. The fraction of sp³-hybridized carbons (Fsp3) is 0.323. The van der Waals surface area contributed by atoms with Gasteiger partial charge in [0.15, 0.2) is 6.29 Å². The predicted molar refractivity (Wildman–Crippen MR) is 146 cm³/mol. The third kappa shape index (κ3) is 7.37. The van der Waals surface area contributed by atoms with Gasteiger partial charge in [0.1, 0.15) is 0 Å². The average Bonchev–Trinajstić information content (AvgIpc) is 2.92. The van der Waals surface area contributed by atoms with Crippen molar-refractivity contribution in [2.24, 2.45) is 0 Å². The van der Waals surface area contributed by atoms with E-state index in [4.69, 9.17) is 9.47 Å². The smallest absolute Gasteiger partial charge is 0.217 e. The molecule has 1 heterocycles. The number of hydrogen-bond acceptors (Lipinski definition) is 5. The Bertz CT molecular complexity index is 1180. The van der Waals surface area contributed by atoms with Crippen LogP contribution in [0.1, 0.15) is 48.0 Å². The molecule has 1 fully saturated rings. The second-order valence-corrected chi connectivity index (χ2v) is 9.59. The Kier molecular flexibility index (Phi) is 9.25. The number of carbonyl (C=O) groups excluding carboxylic acids is 1. The number of nitrogens with zero attached hydrogens (tertiary/aromatic N) is 1. The molecule has 37 heavy (non-hydrogen) atoms. The molecule has 1 aliphatic heterocycles. The number of nitrogens with one attached hydrogen (secondary N) is 1. The summed E-state index contributed by atoms with van der Waals surface area (Å²) in [5.74, 6) is -0.0427. The third-order valence-corrected chi connectivity index (χ3v) is 6.56. The lowest BCUT2D eigenvalue weighted by Gasteiger charge is -2.37. The van der Waals surface area contributed by atoms with E-state index in [1.165, 1.54) is 6.92 Å². The van der Waals surface area contributed by atoms with Crippen molar-refractivity contribution in [1.29, 1.82) is 0 Å². The fourth-order valence-electron chi connectivity index (χ4n) is 4.60. The Morgan fingerprint density at radius 3 is 2.43 bits per heavy atom. The van der Waals surface area contributed by atoms with Gasteiger partial charge in [0, 0.05) is 38.5 Å². The van der Waals surface area contributed by atoms with Crippen LogP contribution in [-0.2, 0) is 27.4 Å². The SMILES string of the molecule is C=CCN(C)C[C@@H]1C[C@H](c2ccc(CO)cc2)O[C@H](c2ccc(-c3cccc(CNC(C)=O)c3)cc2)O1. The monoisotopic (exact) mass is 500 g/mol. The van der Waals surface area contributed by atoms with Gasteiger partial charge in [-0.2, -0.15) is 0 Å². The molecule has 0 aromatic heterocycles. The first-order valence-corrected chi connectivity index (χ1v) is 12.7. The molecule has 3 atom stereocenters. The van der Waals surface area contributed by atoms with Gasteiger partial charge in [-0.25, -0.2) is 0 Å². The third-order valence-electron chi connectivity index (χ3n) is 6.56. The minimum atomic E-state index is -0.487. The molecule has 2 N–H and O–H groups in total. The molecule has 3 aromatic carbocycles. The highest BCUT2D eigenvalue weighted by Gasteiger charge is 2.32. The van der Waals surface area contributed by atoms with Gasteiger partial charge in [-0.15, -0.1) is 6.58 Å². The lowest BCUT2D eigenvalue weighted by atomic mass is 9.99. The van der Waals surface area contributed by atoms with Crippen molar-refractivity contribution in [1.82, 2.24) is 10.2 Å². The van der Waals surface area contributed by atoms with E-state index in [-0.39, 0.29) is 24.7 Å². The summed E-state index contributed by atoms with van der Waals surface area (Å²) in [7, 11) is 2.06. The second kappa shape index (κ2) is 12.8. The maximum Gasteiger partial charge on any atom is 0.217 e. The molecule has 3 aromatic rings. The van der Waals surface area contributed by atoms with Gasteiger partial charge < -0.3 is 24.8 Å². The van der Waals surface area contributed by atoms with Gasteiger partial charge in [-0.1, -0.05) is 72.8 Å². The summed E-state index contributed by atoms with van der Waals surface area (Å²) >= 11 is 0. The number of rotatable bonds is 10. The first-order valence-electron chi connectivity index (χ1n) is 12.7. The molecule has 4 rings (SSSR count). The maximum absolute atomic E-state index is 11.3. The molecule has 6 heteroatoms. The lowest BCUT2D eigenvalue weighted by Crippen LogP contribution is -2.37. The molecule has 1 aliphatic rings. The zero-order chi connectivity index (χ0) is 26.2. The van der Waals surface area contributed by atoms with E-state index in [1.54, 1.807) is 0 Å². The van der Waals surface area contributed by atoms with Crippen LogP contribution < -0.4 is 5.32 Å². The van der Waals surface area contributed by atoms with Gasteiger partial charge in [-0.3, -0.25) is 4.79 Å². The Labute approximate surface area is 219 Å². The zero-order valence-electron chi connectivity index (χ0n) is 21.6. The number of hydrogen-bond donors (Lipinski definition) is 2. The molecule has 0 saturated carbocycles. The molecule has 1 amide bonds. The molecule has 0 bridgehead atoms. The van der Waals surface area contributed by atoms with Gasteiger partial charge in [-0.05, 0) is 40.9 Å². The van der Waals surface area contributed by atoms with Crippen molar-refractivity contribution in [3.63, 3.8) is 0 Å². The quantitative estimate of drug-likeness (QED) is 0.377. The van der Waals surface area contributed by atoms with E-state index in [0.717, 1.165) is 52.9 Å². The largest absolute Gasteiger partial charge is 0.392 e. The Morgan fingerprint density at radius 1 is 1.03 bits per heavy atom. The number of amides is 1. The minimum Gasteiger partial charge on any atom is -0.392 e. The van der Waals surface area contributed by atoms with Crippen molar-refractivity contribution in [2.45, 2.75) is 45.0 Å². The van der Waals surface area contributed by atoms with Crippen LogP contribution in [0.5, 0.6) is 0 Å². The van der Waals surface area contributed by atoms with Crippen LogP contribution in [-0.4, -0.2) is 42.2 Å². The molecule has 1 saturated heterocycles. The maximum atomic E-state index is 11.3.